The molecule has 3 amide bonds. The fourth-order valence-electron chi connectivity index (χ4n) is 2.58. The van der Waals surface area contributed by atoms with Gasteiger partial charge in [0.25, 0.3) is 0 Å². The van der Waals surface area contributed by atoms with E-state index in [1.165, 1.54) is 0 Å². The van der Waals surface area contributed by atoms with Crippen molar-refractivity contribution in [3.63, 3.8) is 0 Å². The van der Waals surface area contributed by atoms with Crippen LogP contribution in [0.1, 0.15) is 26.7 Å². The van der Waals surface area contributed by atoms with Gasteiger partial charge in [0.05, 0.1) is 6.04 Å². The van der Waals surface area contributed by atoms with Gasteiger partial charge in [-0.1, -0.05) is 0 Å². The number of carbonyl (C=O) groups excluding carboxylic acids is 2. The van der Waals surface area contributed by atoms with Crippen LogP contribution in [-0.4, -0.2) is 37.2 Å². The SMILES string of the molecule is CC(C)NC(=O)Nc1ccc(NC(=O)C(N)C2CCOCC2)cc1. The number of hydrogen-bond acceptors (Lipinski definition) is 4. The monoisotopic (exact) mass is 334 g/mol. The molecule has 0 saturated carbocycles. The van der Waals surface area contributed by atoms with Crippen LogP contribution in [0.3, 0.4) is 0 Å². The van der Waals surface area contributed by atoms with Crippen LogP contribution in [0.25, 0.3) is 0 Å². The fourth-order valence-corrected chi connectivity index (χ4v) is 2.58. The van der Waals surface area contributed by atoms with Crippen LogP contribution in [0.15, 0.2) is 24.3 Å². The number of benzene rings is 1. The van der Waals surface area contributed by atoms with Crippen molar-refractivity contribution < 1.29 is 14.3 Å². The van der Waals surface area contributed by atoms with E-state index in [4.69, 9.17) is 10.5 Å². The van der Waals surface area contributed by atoms with Gasteiger partial charge in [0.15, 0.2) is 0 Å². The van der Waals surface area contributed by atoms with Crippen LogP contribution in [0, 0.1) is 5.92 Å². The Morgan fingerprint density at radius 3 is 2.17 bits per heavy atom. The third-order valence-electron chi connectivity index (χ3n) is 3.91. The van der Waals surface area contributed by atoms with Crippen molar-refractivity contribution in [2.45, 2.75) is 38.8 Å². The van der Waals surface area contributed by atoms with Crippen LogP contribution >= 0.6 is 0 Å². The molecule has 1 atom stereocenters. The summed E-state index contributed by atoms with van der Waals surface area (Å²) in [5.41, 5.74) is 7.35. The maximum Gasteiger partial charge on any atom is 0.319 e. The topological polar surface area (TPSA) is 105 Å². The van der Waals surface area contributed by atoms with E-state index in [0.717, 1.165) is 12.8 Å². The number of nitrogens with two attached hydrogens (primary N) is 1. The van der Waals surface area contributed by atoms with Crippen LogP contribution < -0.4 is 21.7 Å². The first-order chi connectivity index (χ1) is 11.5. The van der Waals surface area contributed by atoms with Crippen molar-refractivity contribution in [3.8, 4) is 0 Å². The first-order valence-electron chi connectivity index (χ1n) is 8.27. The Bertz CT molecular complexity index is 553. The zero-order valence-corrected chi connectivity index (χ0v) is 14.2. The molecule has 1 aromatic rings. The minimum atomic E-state index is -0.538. The summed E-state index contributed by atoms with van der Waals surface area (Å²) < 4.78 is 5.29. The minimum Gasteiger partial charge on any atom is -0.381 e. The van der Waals surface area contributed by atoms with Gasteiger partial charge in [0.2, 0.25) is 5.91 Å². The summed E-state index contributed by atoms with van der Waals surface area (Å²) in [7, 11) is 0. The Morgan fingerprint density at radius 1 is 1.08 bits per heavy atom. The van der Waals surface area contributed by atoms with Gasteiger partial charge in [-0.15, -0.1) is 0 Å². The molecule has 24 heavy (non-hydrogen) atoms. The molecule has 0 aliphatic carbocycles. The summed E-state index contributed by atoms with van der Waals surface area (Å²) >= 11 is 0. The molecule has 1 aromatic carbocycles. The lowest BCUT2D eigenvalue weighted by atomic mass is 9.92. The molecular formula is C17H26N4O3. The smallest absolute Gasteiger partial charge is 0.319 e. The average molecular weight is 334 g/mol. The fraction of sp³-hybridized carbons (Fsp3) is 0.529. The van der Waals surface area contributed by atoms with Crippen molar-refractivity contribution in [3.05, 3.63) is 24.3 Å². The highest BCUT2D eigenvalue weighted by Crippen LogP contribution is 2.19. The lowest BCUT2D eigenvalue weighted by Crippen LogP contribution is -2.44. The van der Waals surface area contributed by atoms with Gasteiger partial charge in [-0.2, -0.15) is 0 Å². The highest BCUT2D eigenvalue weighted by Gasteiger charge is 2.26. The molecule has 0 aromatic heterocycles. The van der Waals surface area contributed by atoms with Crippen molar-refractivity contribution in [2.24, 2.45) is 11.7 Å². The second-order valence-electron chi connectivity index (χ2n) is 6.30. The van der Waals surface area contributed by atoms with E-state index in [1.807, 2.05) is 13.8 Å². The number of nitrogens with one attached hydrogen (secondary N) is 3. The molecule has 7 heteroatoms. The maximum atomic E-state index is 12.2. The highest BCUT2D eigenvalue weighted by atomic mass is 16.5. The van der Waals surface area contributed by atoms with E-state index in [1.54, 1.807) is 24.3 Å². The zero-order chi connectivity index (χ0) is 17.5. The standard InChI is InChI=1S/C17H26N4O3/c1-11(2)19-17(23)21-14-5-3-13(4-6-14)20-16(22)15(18)12-7-9-24-10-8-12/h3-6,11-12,15H,7-10,18H2,1-2H3,(H,20,22)(H2,19,21,23). The van der Waals surface area contributed by atoms with E-state index in [9.17, 15) is 9.59 Å². The molecule has 2 rings (SSSR count). The van der Waals surface area contributed by atoms with Crippen LogP contribution in [0.5, 0.6) is 0 Å². The lowest BCUT2D eigenvalue weighted by Gasteiger charge is -2.26. The zero-order valence-electron chi connectivity index (χ0n) is 14.2. The molecule has 0 bridgehead atoms. The number of hydrogen-bond donors (Lipinski definition) is 4. The number of anilines is 2. The van der Waals surface area contributed by atoms with E-state index in [2.05, 4.69) is 16.0 Å². The van der Waals surface area contributed by atoms with Gasteiger partial charge in [0.1, 0.15) is 0 Å². The molecule has 1 unspecified atom stereocenters. The second kappa shape index (κ2) is 8.65. The lowest BCUT2D eigenvalue weighted by molar-refractivity contribution is -0.119. The summed E-state index contributed by atoms with van der Waals surface area (Å²) in [6, 6.07) is 6.20. The normalized spacial score (nSPS) is 16.5. The first-order valence-corrected chi connectivity index (χ1v) is 8.27. The molecular weight excluding hydrogens is 308 g/mol. The van der Waals surface area contributed by atoms with Gasteiger partial charge in [-0.25, -0.2) is 4.79 Å². The Morgan fingerprint density at radius 2 is 1.62 bits per heavy atom. The maximum absolute atomic E-state index is 12.2. The van der Waals surface area contributed by atoms with E-state index in [-0.39, 0.29) is 23.9 Å². The van der Waals surface area contributed by atoms with E-state index in [0.29, 0.717) is 24.6 Å². The Labute approximate surface area is 142 Å². The summed E-state index contributed by atoms with van der Waals surface area (Å²) in [5, 5.41) is 8.29. The molecule has 0 radical (unpaired) electrons. The van der Waals surface area contributed by atoms with Gasteiger partial charge < -0.3 is 26.4 Å². The highest BCUT2D eigenvalue weighted by molar-refractivity contribution is 5.95. The molecule has 1 aliphatic heterocycles. The van der Waals surface area contributed by atoms with Crippen molar-refractivity contribution in [1.29, 1.82) is 0 Å². The summed E-state index contributed by atoms with van der Waals surface area (Å²) in [5.74, 6) is -0.0421. The molecule has 1 fully saturated rings. The minimum absolute atomic E-state index is 0.0650. The quantitative estimate of drug-likeness (QED) is 0.660. The Balaban J connectivity index is 1.86. The number of carbonyl (C=O) groups is 2. The van der Waals surface area contributed by atoms with Gasteiger partial charge >= 0.3 is 6.03 Å². The first kappa shape index (κ1) is 18.2. The number of amides is 3. The van der Waals surface area contributed by atoms with Crippen molar-refractivity contribution in [2.75, 3.05) is 23.8 Å². The number of ether oxygens (including phenoxy) is 1. The van der Waals surface area contributed by atoms with Crippen LogP contribution in [-0.2, 0) is 9.53 Å². The van der Waals surface area contributed by atoms with Crippen molar-refractivity contribution in [1.82, 2.24) is 5.32 Å². The van der Waals surface area contributed by atoms with E-state index >= 15 is 0 Å². The molecule has 1 heterocycles. The summed E-state index contributed by atoms with van der Waals surface area (Å²) in [6.07, 6.45) is 1.62. The third kappa shape index (κ3) is 5.50. The van der Waals surface area contributed by atoms with Gasteiger partial charge in [0, 0.05) is 30.6 Å². The Hall–Kier alpha value is -2.12. The van der Waals surface area contributed by atoms with E-state index < -0.39 is 6.04 Å². The summed E-state index contributed by atoms with van der Waals surface area (Å²) in [6.45, 7) is 5.09. The molecule has 0 spiro atoms. The number of urea groups is 1. The van der Waals surface area contributed by atoms with Crippen molar-refractivity contribution >= 4 is 23.3 Å². The van der Waals surface area contributed by atoms with Gasteiger partial charge in [-0.3, -0.25) is 4.79 Å². The largest absolute Gasteiger partial charge is 0.381 e. The molecule has 5 N–H and O–H groups in total. The predicted octanol–water partition coefficient (Wildman–Crippen LogP) is 1.91. The van der Waals surface area contributed by atoms with Crippen LogP contribution in [0.4, 0.5) is 16.2 Å². The van der Waals surface area contributed by atoms with Crippen LogP contribution in [0.2, 0.25) is 0 Å². The second-order valence-corrected chi connectivity index (χ2v) is 6.30. The molecule has 7 nitrogen and oxygen atoms in total. The number of rotatable bonds is 5. The molecule has 1 saturated heterocycles. The predicted molar refractivity (Wildman–Crippen MR) is 93.9 cm³/mol. The third-order valence-corrected chi connectivity index (χ3v) is 3.91. The molecule has 132 valence electrons. The molecule has 1 aliphatic rings. The summed E-state index contributed by atoms with van der Waals surface area (Å²) in [4.78, 5) is 23.9. The Kier molecular flexibility index (Phi) is 6.57. The average Bonchev–Trinajstić information content (AvgIpc) is 2.56. The van der Waals surface area contributed by atoms with Gasteiger partial charge in [-0.05, 0) is 56.9 Å².